The van der Waals surface area contributed by atoms with Crippen LogP contribution in [-0.4, -0.2) is 232 Å². The predicted octanol–water partition coefficient (Wildman–Crippen LogP) is -1.56. The van der Waals surface area contributed by atoms with Crippen molar-refractivity contribution >= 4 is 0 Å². The summed E-state index contributed by atoms with van der Waals surface area (Å²) in [6.45, 7) is 15.1. The Morgan fingerprint density at radius 1 is 0.587 bits per heavy atom. The van der Waals surface area contributed by atoms with E-state index in [2.05, 4.69) is 40.7 Å². The fraction of sp³-hybridized carbons (Fsp3) is 0.962. The minimum atomic E-state index is -1.81. The molecule has 75 heavy (non-hydrogen) atoms. The van der Waals surface area contributed by atoms with Gasteiger partial charge in [0.2, 0.25) is 0 Å². The smallest absolute Gasteiger partial charge is 0.187 e. The molecule has 0 amide bonds. The van der Waals surface area contributed by atoms with E-state index in [0.717, 1.165) is 24.8 Å². The van der Waals surface area contributed by atoms with Gasteiger partial charge in [-0.3, -0.25) is 0 Å². The number of aliphatic hydroxyl groups is 14. The molecular formula is C53H90O22. The Morgan fingerprint density at radius 2 is 1.16 bits per heavy atom. The molecule has 4 aliphatic heterocycles. The highest BCUT2D eigenvalue weighted by molar-refractivity contribution is 5.20. The molecule has 434 valence electrons. The fourth-order valence-corrected chi connectivity index (χ4v) is 16.0. The zero-order chi connectivity index (χ0) is 55.1. The van der Waals surface area contributed by atoms with Gasteiger partial charge < -0.3 is 109 Å². The number of hydrogen-bond acceptors (Lipinski definition) is 22. The van der Waals surface area contributed by atoms with Crippen molar-refractivity contribution in [1.29, 1.82) is 0 Å². The van der Waals surface area contributed by atoms with Gasteiger partial charge in [-0.15, -0.1) is 0 Å². The molecule has 22 nitrogen and oxygen atoms in total. The molecule has 29 atom stereocenters. The van der Waals surface area contributed by atoms with Gasteiger partial charge in [-0.2, -0.15) is 0 Å². The average molecular weight is 1080 g/mol. The molecule has 0 spiro atoms. The Kier molecular flexibility index (Phi) is 18.1. The van der Waals surface area contributed by atoms with Gasteiger partial charge in [0.15, 0.2) is 25.2 Å². The second-order valence-electron chi connectivity index (χ2n) is 25.3. The number of fused-ring (bicyclic) bond motifs is 5. The number of ether oxygens (including phenoxy) is 8. The van der Waals surface area contributed by atoms with E-state index in [1.165, 1.54) is 0 Å². The molecule has 2 unspecified atom stereocenters. The third-order valence-electron chi connectivity index (χ3n) is 20.5. The summed E-state index contributed by atoms with van der Waals surface area (Å²) in [6, 6.07) is 0. The molecule has 0 bridgehead atoms. The van der Waals surface area contributed by atoms with Crippen molar-refractivity contribution in [2.24, 2.45) is 45.3 Å². The van der Waals surface area contributed by atoms with Crippen LogP contribution >= 0.6 is 0 Å². The van der Waals surface area contributed by atoms with Crippen LogP contribution in [0, 0.1) is 45.3 Å². The molecular weight excluding hydrogens is 989 g/mol. The van der Waals surface area contributed by atoms with E-state index in [1.807, 2.05) is 20.8 Å². The predicted molar refractivity (Wildman–Crippen MR) is 260 cm³/mol. The van der Waals surface area contributed by atoms with E-state index in [0.29, 0.717) is 38.5 Å². The minimum absolute atomic E-state index is 0.0508. The van der Waals surface area contributed by atoms with Gasteiger partial charge >= 0.3 is 0 Å². The van der Waals surface area contributed by atoms with Crippen LogP contribution in [0.25, 0.3) is 0 Å². The molecule has 4 aliphatic carbocycles. The van der Waals surface area contributed by atoms with Gasteiger partial charge in [0.1, 0.15) is 91.6 Å². The molecule has 0 radical (unpaired) electrons. The van der Waals surface area contributed by atoms with Gasteiger partial charge in [-0.05, 0) is 124 Å². The van der Waals surface area contributed by atoms with E-state index >= 15 is 0 Å². The van der Waals surface area contributed by atoms with Crippen molar-refractivity contribution in [3.8, 4) is 0 Å². The monoisotopic (exact) mass is 1080 g/mol. The van der Waals surface area contributed by atoms with E-state index in [9.17, 15) is 71.5 Å². The van der Waals surface area contributed by atoms with Crippen molar-refractivity contribution in [2.75, 3.05) is 26.4 Å². The summed E-state index contributed by atoms with van der Waals surface area (Å²) in [6.07, 6.45) is -22.6. The first kappa shape index (κ1) is 60.0. The Labute approximate surface area is 439 Å². The number of rotatable bonds is 15. The van der Waals surface area contributed by atoms with Crippen LogP contribution in [0.2, 0.25) is 0 Å². The summed E-state index contributed by atoms with van der Waals surface area (Å²) < 4.78 is 48.8. The van der Waals surface area contributed by atoms with Crippen molar-refractivity contribution < 1.29 is 109 Å². The van der Waals surface area contributed by atoms with Crippen molar-refractivity contribution in [2.45, 2.75) is 248 Å². The second kappa shape index (κ2) is 22.7. The third kappa shape index (κ3) is 10.6. The molecule has 0 aromatic carbocycles. The first-order valence-electron chi connectivity index (χ1n) is 27.3. The number of hydrogen-bond donors (Lipinski definition) is 14. The molecule has 8 fully saturated rings. The largest absolute Gasteiger partial charge is 0.394 e. The summed E-state index contributed by atoms with van der Waals surface area (Å²) in [5, 5.41) is 151. The van der Waals surface area contributed by atoms with E-state index in [1.54, 1.807) is 0 Å². The maximum Gasteiger partial charge on any atom is 0.187 e. The molecule has 0 aromatic rings. The molecule has 14 N–H and O–H groups in total. The summed E-state index contributed by atoms with van der Waals surface area (Å²) >= 11 is 0. The lowest BCUT2D eigenvalue weighted by atomic mass is 9.35. The SMILES string of the molecule is CC(C)=CCC[C@@](C)(O[C@@H]1O[C@H](CO[C@@H]2OC[C@@H](O)[C@H](O)[C@H]2O)[C@@H](O)[C@H](O)[C@H]1O)[C@H]1CC[C@@]2(C)[C@@H]1[C@H](O)CC1[C@@]3(C)CC[C@H](O[C@@H]4O[C@H](CO)[C@@H](O)[C@H](O)[C@H]4O[C@@H]4O[C@H](CO)[C@@H](O)[C@H](O)[C@H]4O)C(C)(C)C3CC[C@]12C. The van der Waals surface area contributed by atoms with Crippen LogP contribution < -0.4 is 0 Å². The second-order valence-corrected chi connectivity index (χ2v) is 25.3. The Bertz CT molecular complexity index is 1940. The van der Waals surface area contributed by atoms with Crippen molar-refractivity contribution in [1.82, 2.24) is 0 Å². The Balaban J connectivity index is 1.01. The average Bonchev–Trinajstić information content (AvgIpc) is 3.75. The zero-order valence-corrected chi connectivity index (χ0v) is 44.7. The maximum atomic E-state index is 12.8. The molecule has 4 saturated heterocycles. The highest BCUT2D eigenvalue weighted by Crippen LogP contribution is 2.76. The fourth-order valence-electron chi connectivity index (χ4n) is 16.0. The van der Waals surface area contributed by atoms with Crippen LogP contribution in [0.1, 0.15) is 113 Å². The molecule has 0 aromatic heterocycles. The standard InChI is InChI=1S/C53H90O22/c1-23(2)10-9-14-53(8,75-47-43(67)39(63)37(61)29(72-47)22-69-45-41(65)34(58)26(57)21-68-45)24-11-16-52(7)33(24)25(56)18-31-50(5)15-13-32(49(3,4)30(50)12-17-51(31,52)6)73-48-44(40(64)36(60)28(20-55)71-48)74-46-42(66)38(62)35(59)27(19-54)70-46/h10,24-48,54-67H,9,11-22H2,1-8H3/t24-,25+,26+,27+,28+,29+,30?,31?,32-,33-,34-,35+,36+,37+,38-,39-,40-,41+,42+,43+,44+,45-,46-,47-,48-,50-,51+,52-,53+/m0/s1. The van der Waals surface area contributed by atoms with Crippen molar-refractivity contribution in [3.63, 3.8) is 0 Å². The molecule has 4 heterocycles. The number of aliphatic hydroxyl groups excluding tert-OH is 14. The van der Waals surface area contributed by atoms with Gasteiger partial charge in [0.25, 0.3) is 0 Å². The van der Waals surface area contributed by atoms with E-state index in [-0.39, 0.29) is 41.1 Å². The maximum absolute atomic E-state index is 12.8. The summed E-state index contributed by atoms with van der Waals surface area (Å²) in [5.74, 6) is -0.395. The van der Waals surface area contributed by atoms with Crippen LogP contribution in [0.5, 0.6) is 0 Å². The van der Waals surface area contributed by atoms with E-state index < -0.39 is 165 Å². The van der Waals surface area contributed by atoms with Crippen molar-refractivity contribution in [3.05, 3.63) is 11.6 Å². The molecule has 8 aliphatic rings. The highest BCUT2D eigenvalue weighted by Gasteiger charge is 2.72. The first-order valence-corrected chi connectivity index (χ1v) is 27.3. The number of allylic oxidation sites excluding steroid dienone is 2. The van der Waals surface area contributed by atoms with Gasteiger partial charge in [0.05, 0.1) is 44.2 Å². The minimum Gasteiger partial charge on any atom is -0.394 e. The normalized spacial score (nSPS) is 52.7. The third-order valence-corrected chi connectivity index (χ3v) is 20.5. The molecule has 4 saturated carbocycles. The Morgan fingerprint density at radius 3 is 1.80 bits per heavy atom. The summed E-state index contributed by atoms with van der Waals surface area (Å²) in [7, 11) is 0. The topological polar surface area (TPSA) is 357 Å². The van der Waals surface area contributed by atoms with Crippen LogP contribution in [0.15, 0.2) is 11.6 Å². The summed E-state index contributed by atoms with van der Waals surface area (Å²) in [5.41, 5.74) is -1.48. The van der Waals surface area contributed by atoms with Crippen LogP contribution in [-0.2, 0) is 37.9 Å². The van der Waals surface area contributed by atoms with Gasteiger partial charge in [-0.1, -0.05) is 46.3 Å². The van der Waals surface area contributed by atoms with Gasteiger partial charge in [-0.25, -0.2) is 0 Å². The lowest BCUT2D eigenvalue weighted by Crippen LogP contribution is -2.68. The Hall–Kier alpha value is -1.14. The highest BCUT2D eigenvalue weighted by atomic mass is 16.8. The lowest BCUT2D eigenvalue weighted by Gasteiger charge is -2.71. The molecule has 22 heteroatoms. The quantitative estimate of drug-likeness (QED) is 0.0651. The van der Waals surface area contributed by atoms with E-state index in [4.69, 9.17) is 37.9 Å². The summed E-state index contributed by atoms with van der Waals surface area (Å²) in [4.78, 5) is 0. The molecule has 8 rings (SSSR count). The first-order chi connectivity index (χ1) is 35.1. The van der Waals surface area contributed by atoms with Gasteiger partial charge in [0, 0.05) is 0 Å². The van der Waals surface area contributed by atoms with Crippen LogP contribution in [0.3, 0.4) is 0 Å². The lowest BCUT2D eigenvalue weighted by molar-refractivity contribution is -0.378. The zero-order valence-electron chi connectivity index (χ0n) is 44.7. The van der Waals surface area contributed by atoms with Crippen LogP contribution in [0.4, 0.5) is 0 Å².